The summed E-state index contributed by atoms with van der Waals surface area (Å²) in [4.78, 5) is 16.8. The van der Waals surface area contributed by atoms with Crippen molar-refractivity contribution in [3.63, 3.8) is 0 Å². The molecule has 106 valence electrons. The number of aliphatic hydroxyl groups excluding tert-OH is 1. The molecule has 1 heterocycles. The minimum absolute atomic E-state index is 0.0904. The summed E-state index contributed by atoms with van der Waals surface area (Å²) in [5, 5.41) is 12.9. The number of aliphatic imine (C=N–C) groups is 1. The molecule has 4 nitrogen and oxygen atoms in total. The average molecular weight is 272 g/mol. The van der Waals surface area contributed by atoms with E-state index in [0.717, 1.165) is 5.69 Å². The van der Waals surface area contributed by atoms with Crippen molar-refractivity contribution in [1.82, 2.24) is 5.32 Å². The molecular formula is C16H20N2O2. The molecule has 2 N–H and O–H groups in total. The van der Waals surface area contributed by atoms with Gasteiger partial charge >= 0.3 is 0 Å². The summed E-state index contributed by atoms with van der Waals surface area (Å²) >= 11 is 0. The number of para-hydroxylation sites is 1. The van der Waals surface area contributed by atoms with E-state index in [0.29, 0.717) is 24.1 Å². The van der Waals surface area contributed by atoms with Gasteiger partial charge in [-0.1, -0.05) is 25.1 Å². The number of amides is 1. The molecule has 1 aromatic carbocycles. The number of nitrogens with one attached hydrogen (secondary N) is 1. The van der Waals surface area contributed by atoms with Gasteiger partial charge in [0.05, 0.1) is 17.0 Å². The van der Waals surface area contributed by atoms with Gasteiger partial charge in [0.2, 0.25) is 0 Å². The average Bonchev–Trinajstić information content (AvgIpc) is 2.37. The lowest BCUT2D eigenvalue weighted by Crippen LogP contribution is -2.51. The van der Waals surface area contributed by atoms with Crippen LogP contribution in [-0.2, 0) is 4.79 Å². The SMILES string of the molecule is CC/C(O)=C1\C(=O)NC(C)(C)CC1=Nc1ccccc1. The summed E-state index contributed by atoms with van der Waals surface area (Å²) in [5.41, 5.74) is 1.39. The smallest absolute Gasteiger partial charge is 0.256 e. The number of rotatable bonds is 2. The summed E-state index contributed by atoms with van der Waals surface area (Å²) in [7, 11) is 0. The van der Waals surface area contributed by atoms with Gasteiger partial charge in [-0.2, -0.15) is 0 Å². The highest BCUT2D eigenvalue weighted by Crippen LogP contribution is 2.26. The van der Waals surface area contributed by atoms with Crippen molar-refractivity contribution >= 4 is 17.3 Å². The number of carbonyl (C=O) groups excluding carboxylic acids is 1. The summed E-state index contributed by atoms with van der Waals surface area (Å²) < 4.78 is 0. The fraction of sp³-hybridized carbons (Fsp3) is 0.375. The lowest BCUT2D eigenvalue weighted by molar-refractivity contribution is -0.119. The molecule has 0 atom stereocenters. The van der Waals surface area contributed by atoms with E-state index < -0.39 is 0 Å². The third-order valence-corrected chi connectivity index (χ3v) is 3.22. The predicted molar refractivity (Wildman–Crippen MR) is 80.3 cm³/mol. The standard InChI is InChI=1S/C16H20N2O2/c1-4-13(19)14-12(10-16(2,3)18-15(14)20)17-11-8-6-5-7-9-11/h5-9,19H,4,10H2,1-3H3,(H,18,20)/b14-13+,17-12?. The molecule has 1 aromatic rings. The van der Waals surface area contributed by atoms with Crippen LogP contribution in [0, 0.1) is 0 Å². The van der Waals surface area contributed by atoms with Crippen LogP contribution < -0.4 is 5.32 Å². The second-order valence-corrected chi connectivity index (χ2v) is 5.58. The number of nitrogens with zero attached hydrogens (tertiary/aromatic N) is 1. The highest BCUT2D eigenvalue weighted by atomic mass is 16.3. The zero-order chi connectivity index (χ0) is 14.8. The van der Waals surface area contributed by atoms with Crippen LogP contribution in [0.3, 0.4) is 0 Å². The molecule has 0 spiro atoms. The molecule has 4 heteroatoms. The van der Waals surface area contributed by atoms with Crippen molar-refractivity contribution in [2.75, 3.05) is 0 Å². The summed E-state index contributed by atoms with van der Waals surface area (Å²) in [6.07, 6.45) is 1.00. The summed E-state index contributed by atoms with van der Waals surface area (Å²) in [6.45, 7) is 5.71. The number of hydrogen-bond donors (Lipinski definition) is 2. The molecule has 20 heavy (non-hydrogen) atoms. The van der Waals surface area contributed by atoms with Gasteiger partial charge in [0.25, 0.3) is 5.91 Å². The highest BCUT2D eigenvalue weighted by molar-refractivity contribution is 6.24. The second kappa shape index (κ2) is 5.49. The zero-order valence-corrected chi connectivity index (χ0v) is 12.1. The molecule has 0 bridgehead atoms. The Kier molecular flexibility index (Phi) is 3.93. The Bertz CT molecular complexity index is 571. The van der Waals surface area contributed by atoms with E-state index in [-0.39, 0.29) is 17.2 Å². The Hall–Kier alpha value is -2.10. The minimum Gasteiger partial charge on any atom is -0.511 e. The van der Waals surface area contributed by atoms with E-state index in [4.69, 9.17) is 0 Å². The maximum atomic E-state index is 12.2. The number of carbonyl (C=O) groups is 1. The van der Waals surface area contributed by atoms with E-state index in [9.17, 15) is 9.90 Å². The van der Waals surface area contributed by atoms with Crippen molar-refractivity contribution in [2.45, 2.75) is 39.2 Å². The number of allylic oxidation sites excluding steroid dienone is 1. The zero-order valence-electron chi connectivity index (χ0n) is 12.1. The van der Waals surface area contributed by atoms with Gasteiger partial charge in [0, 0.05) is 18.4 Å². The molecule has 0 radical (unpaired) electrons. The van der Waals surface area contributed by atoms with Crippen molar-refractivity contribution < 1.29 is 9.90 Å². The van der Waals surface area contributed by atoms with Crippen LogP contribution in [0.25, 0.3) is 0 Å². The topological polar surface area (TPSA) is 61.7 Å². The first kappa shape index (κ1) is 14.3. The Morgan fingerprint density at radius 2 is 2.00 bits per heavy atom. The fourth-order valence-electron chi connectivity index (χ4n) is 2.28. The Balaban J connectivity index is 2.50. The largest absolute Gasteiger partial charge is 0.511 e. The Morgan fingerprint density at radius 1 is 1.35 bits per heavy atom. The minimum atomic E-state index is -0.359. The highest BCUT2D eigenvalue weighted by Gasteiger charge is 2.35. The molecule has 0 saturated carbocycles. The van der Waals surface area contributed by atoms with Crippen molar-refractivity contribution in [3.05, 3.63) is 41.7 Å². The van der Waals surface area contributed by atoms with Gasteiger partial charge in [-0.05, 0) is 26.0 Å². The third kappa shape index (κ3) is 3.07. The van der Waals surface area contributed by atoms with Crippen molar-refractivity contribution in [3.8, 4) is 0 Å². The van der Waals surface area contributed by atoms with Crippen LogP contribution in [0.4, 0.5) is 5.69 Å². The third-order valence-electron chi connectivity index (χ3n) is 3.22. The van der Waals surface area contributed by atoms with Gasteiger partial charge < -0.3 is 10.4 Å². The van der Waals surface area contributed by atoms with Gasteiger partial charge in [0.1, 0.15) is 5.76 Å². The van der Waals surface area contributed by atoms with E-state index in [1.165, 1.54) is 0 Å². The first-order valence-corrected chi connectivity index (χ1v) is 6.80. The first-order chi connectivity index (χ1) is 9.43. The van der Waals surface area contributed by atoms with Gasteiger partial charge in [-0.15, -0.1) is 0 Å². The van der Waals surface area contributed by atoms with Gasteiger partial charge in [0.15, 0.2) is 0 Å². The lowest BCUT2D eigenvalue weighted by atomic mass is 9.87. The van der Waals surface area contributed by atoms with E-state index in [1.807, 2.05) is 51.1 Å². The quantitative estimate of drug-likeness (QED) is 0.641. The van der Waals surface area contributed by atoms with Crippen LogP contribution in [-0.4, -0.2) is 22.3 Å². The van der Waals surface area contributed by atoms with E-state index in [2.05, 4.69) is 10.3 Å². The summed E-state index contributed by atoms with van der Waals surface area (Å²) in [5.74, 6) is -0.164. The lowest BCUT2D eigenvalue weighted by Gasteiger charge is -2.33. The maximum absolute atomic E-state index is 12.2. The molecule has 1 aliphatic rings. The molecular weight excluding hydrogens is 252 g/mol. The van der Waals surface area contributed by atoms with Crippen LogP contribution in [0.2, 0.25) is 0 Å². The van der Waals surface area contributed by atoms with Gasteiger partial charge in [-0.25, -0.2) is 0 Å². The van der Waals surface area contributed by atoms with Crippen LogP contribution in [0.15, 0.2) is 46.7 Å². The number of benzene rings is 1. The van der Waals surface area contributed by atoms with Crippen LogP contribution >= 0.6 is 0 Å². The molecule has 0 unspecified atom stereocenters. The molecule has 2 rings (SSSR count). The predicted octanol–water partition coefficient (Wildman–Crippen LogP) is 3.28. The summed E-state index contributed by atoms with van der Waals surface area (Å²) in [6, 6.07) is 9.48. The van der Waals surface area contributed by atoms with Crippen LogP contribution in [0.5, 0.6) is 0 Å². The van der Waals surface area contributed by atoms with E-state index in [1.54, 1.807) is 0 Å². The van der Waals surface area contributed by atoms with E-state index >= 15 is 0 Å². The normalized spacial score (nSPS) is 22.6. The Labute approximate surface area is 119 Å². The molecule has 0 aliphatic carbocycles. The molecule has 1 fully saturated rings. The molecule has 1 aliphatic heterocycles. The monoisotopic (exact) mass is 272 g/mol. The molecule has 1 amide bonds. The number of piperidine rings is 1. The maximum Gasteiger partial charge on any atom is 0.256 e. The molecule has 1 saturated heterocycles. The number of hydrogen-bond acceptors (Lipinski definition) is 3. The van der Waals surface area contributed by atoms with Crippen molar-refractivity contribution in [2.24, 2.45) is 4.99 Å². The van der Waals surface area contributed by atoms with Gasteiger partial charge in [-0.3, -0.25) is 9.79 Å². The first-order valence-electron chi connectivity index (χ1n) is 6.80. The molecule has 0 aromatic heterocycles. The van der Waals surface area contributed by atoms with Crippen LogP contribution in [0.1, 0.15) is 33.6 Å². The number of aliphatic hydroxyl groups is 1. The fourth-order valence-corrected chi connectivity index (χ4v) is 2.28. The Morgan fingerprint density at radius 3 is 2.60 bits per heavy atom. The van der Waals surface area contributed by atoms with Crippen molar-refractivity contribution in [1.29, 1.82) is 0 Å². The second-order valence-electron chi connectivity index (χ2n) is 5.58.